The number of nitrogens with zero attached hydrogens (tertiary/aromatic N) is 1. The number of esters is 1. The average molecular weight is 203 g/mol. The number of ether oxygens (including phenoxy) is 1. The van der Waals surface area contributed by atoms with Gasteiger partial charge >= 0.3 is 5.97 Å². The molecule has 3 nitrogen and oxygen atoms in total. The SMILES string of the molecule is O=C(OCC1CC=CC1)c1ccncc1. The molecule has 0 saturated carbocycles. The predicted molar refractivity (Wildman–Crippen MR) is 56.4 cm³/mol. The van der Waals surface area contributed by atoms with Crippen LogP contribution in [0.4, 0.5) is 0 Å². The summed E-state index contributed by atoms with van der Waals surface area (Å²) in [5.74, 6) is 0.208. The first kappa shape index (κ1) is 9.90. The summed E-state index contributed by atoms with van der Waals surface area (Å²) in [6.45, 7) is 0.508. The molecule has 0 aromatic carbocycles. The van der Waals surface area contributed by atoms with Crippen molar-refractivity contribution in [3.05, 3.63) is 42.2 Å². The Hall–Kier alpha value is -1.64. The summed E-state index contributed by atoms with van der Waals surface area (Å²) >= 11 is 0. The van der Waals surface area contributed by atoms with E-state index in [9.17, 15) is 4.79 Å². The lowest BCUT2D eigenvalue weighted by atomic mass is 10.1. The zero-order valence-corrected chi connectivity index (χ0v) is 8.43. The number of carbonyl (C=O) groups excluding carboxylic acids is 1. The minimum atomic E-state index is -0.260. The van der Waals surface area contributed by atoms with Gasteiger partial charge in [0.1, 0.15) is 0 Å². The molecule has 0 fully saturated rings. The van der Waals surface area contributed by atoms with Crippen LogP contribution in [0.2, 0.25) is 0 Å². The van der Waals surface area contributed by atoms with E-state index in [-0.39, 0.29) is 5.97 Å². The Morgan fingerprint density at radius 3 is 2.67 bits per heavy atom. The van der Waals surface area contributed by atoms with Crippen molar-refractivity contribution < 1.29 is 9.53 Å². The van der Waals surface area contributed by atoms with Gasteiger partial charge in [0.15, 0.2) is 0 Å². The fourth-order valence-electron chi connectivity index (χ4n) is 1.57. The van der Waals surface area contributed by atoms with Gasteiger partial charge in [0.25, 0.3) is 0 Å². The fraction of sp³-hybridized carbons (Fsp3) is 0.333. The van der Waals surface area contributed by atoms with E-state index in [1.807, 2.05) is 0 Å². The van der Waals surface area contributed by atoms with Gasteiger partial charge in [-0.2, -0.15) is 0 Å². The van der Waals surface area contributed by atoms with E-state index in [4.69, 9.17) is 4.74 Å². The van der Waals surface area contributed by atoms with Crippen molar-refractivity contribution in [1.82, 2.24) is 4.98 Å². The summed E-state index contributed by atoms with van der Waals surface area (Å²) < 4.78 is 5.21. The highest BCUT2D eigenvalue weighted by Crippen LogP contribution is 2.18. The molecule has 0 saturated heterocycles. The molecule has 0 amide bonds. The molecule has 0 spiro atoms. The van der Waals surface area contributed by atoms with Crippen LogP contribution in [0.3, 0.4) is 0 Å². The second-order valence-corrected chi connectivity index (χ2v) is 3.64. The molecule has 78 valence electrons. The fourth-order valence-corrected chi connectivity index (χ4v) is 1.57. The van der Waals surface area contributed by atoms with Gasteiger partial charge in [0.2, 0.25) is 0 Å². The molecule has 1 aromatic rings. The number of aromatic nitrogens is 1. The third-order valence-electron chi connectivity index (χ3n) is 2.47. The van der Waals surface area contributed by atoms with E-state index in [1.165, 1.54) is 0 Å². The lowest BCUT2D eigenvalue weighted by Crippen LogP contribution is -2.12. The molecule has 0 atom stereocenters. The number of rotatable bonds is 3. The first-order valence-corrected chi connectivity index (χ1v) is 5.08. The molecule has 15 heavy (non-hydrogen) atoms. The Kier molecular flexibility index (Phi) is 3.12. The van der Waals surface area contributed by atoms with Crippen LogP contribution >= 0.6 is 0 Å². The van der Waals surface area contributed by atoms with Crippen LogP contribution < -0.4 is 0 Å². The normalized spacial score (nSPS) is 15.5. The lowest BCUT2D eigenvalue weighted by Gasteiger charge is -2.09. The standard InChI is InChI=1S/C12H13NO2/c14-12(11-5-7-13-8-6-11)15-9-10-3-1-2-4-10/h1-2,5-8,10H,3-4,9H2. The van der Waals surface area contributed by atoms with Crippen molar-refractivity contribution >= 4 is 5.97 Å². The van der Waals surface area contributed by atoms with Gasteiger partial charge in [0, 0.05) is 12.4 Å². The highest BCUT2D eigenvalue weighted by atomic mass is 16.5. The highest BCUT2D eigenvalue weighted by Gasteiger charge is 2.13. The third-order valence-corrected chi connectivity index (χ3v) is 2.47. The third kappa shape index (κ3) is 2.65. The van der Waals surface area contributed by atoms with E-state index < -0.39 is 0 Å². The van der Waals surface area contributed by atoms with E-state index >= 15 is 0 Å². The molecule has 1 aliphatic rings. The minimum Gasteiger partial charge on any atom is -0.462 e. The van der Waals surface area contributed by atoms with Crippen LogP contribution in [0.25, 0.3) is 0 Å². The maximum Gasteiger partial charge on any atom is 0.338 e. The molecule has 0 aliphatic heterocycles. The maximum absolute atomic E-state index is 11.5. The van der Waals surface area contributed by atoms with Gasteiger partial charge in [0.05, 0.1) is 12.2 Å². The predicted octanol–water partition coefficient (Wildman–Crippen LogP) is 2.20. The summed E-state index contributed by atoms with van der Waals surface area (Å²) in [6.07, 6.45) is 9.48. The zero-order valence-electron chi connectivity index (χ0n) is 8.43. The number of hydrogen-bond acceptors (Lipinski definition) is 3. The Labute approximate surface area is 88.8 Å². The second-order valence-electron chi connectivity index (χ2n) is 3.64. The van der Waals surface area contributed by atoms with E-state index in [1.54, 1.807) is 24.5 Å². The number of pyridine rings is 1. The van der Waals surface area contributed by atoms with E-state index in [2.05, 4.69) is 17.1 Å². The number of allylic oxidation sites excluding steroid dienone is 2. The summed E-state index contributed by atoms with van der Waals surface area (Å²) in [5, 5.41) is 0. The summed E-state index contributed by atoms with van der Waals surface area (Å²) in [5.41, 5.74) is 0.566. The lowest BCUT2D eigenvalue weighted by molar-refractivity contribution is 0.0446. The minimum absolute atomic E-state index is 0.260. The van der Waals surface area contributed by atoms with Crippen LogP contribution in [0.5, 0.6) is 0 Å². The van der Waals surface area contributed by atoms with Crippen molar-refractivity contribution in [2.75, 3.05) is 6.61 Å². The van der Waals surface area contributed by atoms with Crippen molar-refractivity contribution in [3.8, 4) is 0 Å². The Balaban J connectivity index is 1.82. The molecule has 0 radical (unpaired) electrons. The van der Waals surface area contributed by atoms with Crippen molar-refractivity contribution in [2.45, 2.75) is 12.8 Å². The molecule has 1 aromatic heterocycles. The molecule has 0 bridgehead atoms. The largest absolute Gasteiger partial charge is 0.462 e. The van der Waals surface area contributed by atoms with Gasteiger partial charge < -0.3 is 4.74 Å². The molecule has 1 heterocycles. The van der Waals surface area contributed by atoms with Gasteiger partial charge in [-0.15, -0.1) is 0 Å². The first-order valence-electron chi connectivity index (χ1n) is 5.08. The number of carbonyl (C=O) groups is 1. The Morgan fingerprint density at radius 2 is 2.00 bits per heavy atom. The summed E-state index contributed by atoms with van der Waals surface area (Å²) in [7, 11) is 0. The summed E-state index contributed by atoms with van der Waals surface area (Å²) in [4.78, 5) is 15.4. The molecule has 2 rings (SSSR count). The van der Waals surface area contributed by atoms with Crippen LogP contribution in [-0.4, -0.2) is 17.6 Å². The van der Waals surface area contributed by atoms with Gasteiger partial charge in [-0.05, 0) is 30.9 Å². The number of hydrogen-bond donors (Lipinski definition) is 0. The Morgan fingerprint density at radius 1 is 1.33 bits per heavy atom. The molecular weight excluding hydrogens is 190 g/mol. The van der Waals surface area contributed by atoms with Crippen molar-refractivity contribution in [1.29, 1.82) is 0 Å². The van der Waals surface area contributed by atoms with E-state index in [0.717, 1.165) is 12.8 Å². The van der Waals surface area contributed by atoms with Crippen molar-refractivity contribution in [2.24, 2.45) is 5.92 Å². The maximum atomic E-state index is 11.5. The molecule has 1 aliphatic carbocycles. The van der Waals surface area contributed by atoms with Crippen LogP contribution in [0.1, 0.15) is 23.2 Å². The van der Waals surface area contributed by atoms with Crippen LogP contribution in [0, 0.1) is 5.92 Å². The van der Waals surface area contributed by atoms with Gasteiger partial charge in [-0.25, -0.2) is 4.79 Å². The average Bonchev–Trinajstić information content (AvgIpc) is 2.80. The zero-order chi connectivity index (χ0) is 10.5. The second kappa shape index (κ2) is 4.73. The monoisotopic (exact) mass is 203 g/mol. The van der Waals surface area contributed by atoms with Crippen LogP contribution in [0.15, 0.2) is 36.7 Å². The van der Waals surface area contributed by atoms with Crippen molar-refractivity contribution in [3.63, 3.8) is 0 Å². The quantitative estimate of drug-likeness (QED) is 0.558. The smallest absolute Gasteiger partial charge is 0.338 e. The van der Waals surface area contributed by atoms with Gasteiger partial charge in [-0.1, -0.05) is 12.2 Å². The highest BCUT2D eigenvalue weighted by molar-refractivity contribution is 5.89. The molecular formula is C12H13NO2. The first-order chi connectivity index (χ1) is 7.36. The summed E-state index contributed by atoms with van der Waals surface area (Å²) in [6, 6.07) is 3.32. The molecule has 0 N–H and O–H groups in total. The topological polar surface area (TPSA) is 39.2 Å². The Bertz CT molecular complexity index is 351. The van der Waals surface area contributed by atoms with Gasteiger partial charge in [-0.3, -0.25) is 4.98 Å². The van der Waals surface area contributed by atoms with Crippen LogP contribution in [-0.2, 0) is 4.74 Å². The molecule has 0 unspecified atom stereocenters. The van der Waals surface area contributed by atoms with E-state index in [0.29, 0.717) is 18.1 Å². The molecule has 3 heteroatoms.